The number of hydrogen-bond donors (Lipinski definition) is 1. The maximum Gasteiger partial charge on any atom is 0.271 e. The monoisotopic (exact) mass is 392 g/mol. The first-order valence-electron chi connectivity index (χ1n) is 7.17. The average molecular weight is 394 g/mol. The van der Waals surface area contributed by atoms with Crippen molar-refractivity contribution in [3.05, 3.63) is 81.0 Å². The summed E-state index contributed by atoms with van der Waals surface area (Å²) < 4.78 is 5.65. The molecule has 25 heavy (non-hydrogen) atoms. The summed E-state index contributed by atoms with van der Waals surface area (Å²) in [6, 6.07) is 15.2. The van der Waals surface area contributed by atoms with Crippen molar-refractivity contribution in [1.29, 1.82) is 0 Å². The van der Waals surface area contributed by atoms with Crippen LogP contribution < -0.4 is 5.43 Å². The lowest BCUT2D eigenvalue weighted by molar-refractivity contribution is 0.0955. The van der Waals surface area contributed by atoms with Crippen molar-refractivity contribution in [2.75, 3.05) is 0 Å². The van der Waals surface area contributed by atoms with Crippen molar-refractivity contribution in [3.8, 4) is 11.3 Å². The largest absolute Gasteiger partial charge is 0.455 e. The molecule has 0 saturated heterocycles. The fraction of sp³-hybridized carbons (Fsp3) is 0. The first-order chi connectivity index (χ1) is 12.0. The first-order valence-corrected chi connectivity index (χ1v) is 8.30. The number of halogens is 3. The topological polar surface area (TPSA) is 54.6 Å². The van der Waals surface area contributed by atoms with Crippen molar-refractivity contribution in [1.82, 2.24) is 5.43 Å². The molecule has 7 heteroatoms. The number of hydrogen-bond acceptors (Lipinski definition) is 3. The maximum atomic E-state index is 11.9. The van der Waals surface area contributed by atoms with Crippen LogP contribution in [0.5, 0.6) is 0 Å². The Morgan fingerprint density at radius 2 is 1.72 bits per heavy atom. The summed E-state index contributed by atoms with van der Waals surface area (Å²) in [5, 5.41) is 5.36. The molecule has 2 aromatic carbocycles. The van der Waals surface area contributed by atoms with Gasteiger partial charge < -0.3 is 4.42 Å². The molecule has 0 radical (unpaired) electrons. The van der Waals surface area contributed by atoms with Gasteiger partial charge in [0.1, 0.15) is 11.5 Å². The van der Waals surface area contributed by atoms with Gasteiger partial charge in [-0.1, -0.05) is 34.8 Å². The van der Waals surface area contributed by atoms with Crippen LogP contribution in [0.2, 0.25) is 15.1 Å². The second-order valence-corrected chi connectivity index (χ2v) is 6.29. The Balaban J connectivity index is 1.66. The molecule has 0 bridgehead atoms. The molecule has 0 aliphatic carbocycles. The molecule has 126 valence electrons. The van der Waals surface area contributed by atoms with Crippen LogP contribution in [0.25, 0.3) is 11.3 Å². The maximum absolute atomic E-state index is 11.9. The molecule has 0 aliphatic rings. The van der Waals surface area contributed by atoms with E-state index in [0.717, 1.165) is 5.56 Å². The van der Waals surface area contributed by atoms with Gasteiger partial charge in [-0.2, -0.15) is 5.10 Å². The first kappa shape index (κ1) is 17.5. The minimum atomic E-state index is -0.343. The summed E-state index contributed by atoms with van der Waals surface area (Å²) in [7, 11) is 0. The molecule has 0 aliphatic heterocycles. The van der Waals surface area contributed by atoms with E-state index in [-0.39, 0.29) is 5.91 Å². The molecule has 1 heterocycles. The summed E-state index contributed by atoms with van der Waals surface area (Å²) in [5.74, 6) is 0.755. The fourth-order valence-electron chi connectivity index (χ4n) is 2.05. The van der Waals surface area contributed by atoms with Crippen LogP contribution in [0.4, 0.5) is 0 Å². The molecule has 0 atom stereocenters. The highest BCUT2D eigenvalue weighted by Crippen LogP contribution is 2.29. The molecular formula is C18H11Cl3N2O2. The zero-order valence-electron chi connectivity index (χ0n) is 12.7. The minimum Gasteiger partial charge on any atom is -0.455 e. The number of hydrazone groups is 1. The Labute approximate surface area is 159 Å². The standard InChI is InChI=1S/C18H11Cl3N2O2/c19-13-4-1-11(2-5-13)18(24)23-22-10-14-6-8-17(25-14)12-3-7-15(20)16(21)9-12/h1-10H,(H,23,24)/b22-10-. The van der Waals surface area contributed by atoms with Crippen LogP contribution in [0.3, 0.4) is 0 Å². The van der Waals surface area contributed by atoms with Gasteiger partial charge in [-0.3, -0.25) is 4.79 Å². The molecule has 4 nitrogen and oxygen atoms in total. The summed E-state index contributed by atoms with van der Waals surface area (Å²) >= 11 is 17.7. The van der Waals surface area contributed by atoms with Crippen LogP contribution in [0, 0.1) is 0 Å². The van der Waals surface area contributed by atoms with E-state index in [1.807, 2.05) is 0 Å². The zero-order valence-corrected chi connectivity index (χ0v) is 14.9. The Morgan fingerprint density at radius 1 is 0.960 bits per heavy atom. The Hall–Kier alpha value is -2.27. The van der Waals surface area contributed by atoms with Gasteiger partial charge in [-0.15, -0.1) is 0 Å². The number of furan rings is 1. The van der Waals surface area contributed by atoms with Gasteiger partial charge in [0.25, 0.3) is 5.91 Å². The molecule has 1 amide bonds. The lowest BCUT2D eigenvalue weighted by atomic mass is 10.2. The van der Waals surface area contributed by atoms with Gasteiger partial charge in [0.2, 0.25) is 0 Å². The van der Waals surface area contributed by atoms with Crippen LogP contribution in [-0.4, -0.2) is 12.1 Å². The van der Waals surface area contributed by atoms with Gasteiger partial charge in [-0.25, -0.2) is 5.43 Å². The minimum absolute atomic E-state index is 0.343. The van der Waals surface area contributed by atoms with Crippen molar-refractivity contribution >= 4 is 46.9 Å². The second kappa shape index (κ2) is 7.74. The molecule has 0 saturated carbocycles. The lowest BCUT2D eigenvalue weighted by Crippen LogP contribution is -2.17. The highest BCUT2D eigenvalue weighted by molar-refractivity contribution is 6.42. The Morgan fingerprint density at radius 3 is 2.44 bits per heavy atom. The number of nitrogens with one attached hydrogen (secondary N) is 1. The van der Waals surface area contributed by atoms with Crippen LogP contribution in [0.15, 0.2) is 64.1 Å². The number of carbonyl (C=O) groups excluding carboxylic acids is 1. The number of benzene rings is 2. The Bertz CT molecular complexity index is 934. The summed E-state index contributed by atoms with van der Waals surface area (Å²) in [6.45, 7) is 0. The van der Waals surface area contributed by atoms with Gasteiger partial charge in [-0.05, 0) is 54.6 Å². The fourth-order valence-corrected chi connectivity index (χ4v) is 2.47. The zero-order chi connectivity index (χ0) is 17.8. The predicted molar refractivity (Wildman–Crippen MR) is 101 cm³/mol. The van der Waals surface area contributed by atoms with E-state index in [4.69, 9.17) is 39.2 Å². The number of amides is 1. The highest BCUT2D eigenvalue weighted by atomic mass is 35.5. The highest BCUT2D eigenvalue weighted by Gasteiger charge is 2.07. The van der Waals surface area contributed by atoms with E-state index < -0.39 is 0 Å². The Kier molecular flexibility index (Phi) is 5.43. The number of carbonyl (C=O) groups is 1. The molecule has 0 unspecified atom stereocenters. The third-order valence-electron chi connectivity index (χ3n) is 3.30. The van der Waals surface area contributed by atoms with E-state index in [1.165, 1.54) is 6.21 Å². The number of rotatable bonds is 4. The second-order valence-electron chi connectivity index (χ2n) is 5.04. The van der Waals surface area contributed by atoms with Gasteiger partial charge in [0, 0.05) is 16.1 Å². The van der Waals surface area contributed by atoms with E-state index in [2.05, 4.69) is 10.5 Å². The SMILES string of the molecule is O=C(N/N=C\c1ccc(-c2ccc(Cl)c(Cl)c2)o1)c1ccc(Cl)cc1. The lowest BCUT2D eigenvalue weighted by Gasteiger charge is -2.00. The van der Waals surface area contributed by atoms with E-state index in [1.54, 1.807) is 54.6 Å². The summed E-state index contributed by atoms with van der Waals surface area (Å²) in [4.78, 5) is 11.9. The van der Waals surface area contributed by atoms with E-state index >= 15 is 0 Å². The van der Waals surface area contributed by atoms with Crippen molar-refractivity contribution in [2.24, 2.45) is 5.10 Å². The molecule has 0 fully saturated rings. The van der Waals surface area contributed by atoms with E-state index in [9.17, 15) is 4.79 Å². The molecule has 3 aromatic rings. The molecule has 3 rings (SSSR count). The van der Waals surface area contributed by atoms with Gasteiger partial charge in [0.15, 0.2) is 0 Å². The smallest absolute Gasteiger partial charge is 0.271 e. The summed E-state index contributed by atoms with van der Waals surface area (Å²) in [5.41, 5.74) is 3.67. The van der Waals surface area contributed by atoms with Gasteiger partial charge >= 0.3 is 0 Å². The van der Waals surface area contributed by atoms with Crippen LogP contribution in [-0.2, 0) is 0 Å². The van der Waals surface area contributed by atoms with Gasteiger partial charge in [0.05, 0.1) is 16.3 Å². The predicted octanol–water partition coefficient (Wildman–Crippen LogP) is 5.67. The average Bonchev–Trinajstić information content (AvgIpc) is 3.07. The van der Waals surface area contributed by atoms with Crippen molar-refractivity contribution in [2.45, 2.75) is 0 Å². The summed E-state index contributed by atoms with van der Waals surface area (Å²) in [6.07, 6.45) is 1.41. The van der Waals surface area contributed by atoms with E-state index in [0.29, 0.717) is 32.2 Å². The number of nitrogens with zero attached hydrogens (tertiary/aromatic N) is 1. The van der Waals surface area contributed by atoms with Crippen molar-refractivity contribution < 1.29 is 9.21 Å². The normalized spacial score (nSPS) is 11.0. The third-order valence-corrected chi connectivity index (χ3v) is 4.29. The van der Waals surface area contributed by atoms with Crippen molar-refractivity contribution in [3.63, 3.8) is 0 Å². The molecule has 0 spiro atoms. The molecule has 1 aromatic heterocycles. The van der Waals surface area contributed by atoms with Crippen LogP contribution >= 0.6 is 34.8 Å². The quantitative estimate of drug-likeness (QED) is 0.458. The molecule has 1 N–H and O–H groups in total. The molecular weight excluding hydrogens is 383 g/mol. The third kappa shape index (κ3) is 4.42. The van der Waals surface area contributed by atoms with Crippen LogP contribution in [0.1, 0.15) is 16.1 Å².